The number of ether oxygens (including phenoxy) is 1. The summed E-state index contributed by atoms with van der Waals surface area (Å²) in [4.78, 5) is 2.70. The van der Waals surface area contributed by atoms with Gasteiger partial charge in [-0.3, -0.25) is 4.90 Å². The van der Waals surface area contributed by atoms with Gasteiger partial charge >= 0.3 is 0 Å². The van der Waals surface area contributed by atoms with Crippen LogP contribution < -0.4 is 5.73 Å². The molecule has 2 heterocycles. The van der Waals surface area contributed by atoms with Crippen LogP contribution in [0.25, 0.3) is 0 Å². The average Bonchev–Trinajstić information content (AvgIpc) is 2.58. The van der Waals surface area contributed by atoms with E-state index in [9.17, 15) is 0 Å². The van der Waals surface area contributed by atoms with E-state index < -0.39 is 0 Å². The van der Waals surface area contributed by atoms with Crippen LogP contribution >= 0.6 is 0 Å². The van der Waals surface area contributed by atoms with Crippen LogP contribution in [0.4, 0.5) is 0 Å². The number of hydrogen-bond donors (Lipinski definition) is 1. The molecule has 0 saturated carbocycles. The van der Waals surface area contributed by atoms with Gasteiger partial charge < -0.3 is 10.5 Å². The second-order valence-electron chi connectivity index (χ2n) is 5.69. The first-order valence-corrected chi connectivity index (χ1v) is 7.36. The van der Waals surface area contributed by atoms with Gasteiger partial charge in [0.15, 0.2) is 0 Å². The van der Waals surface area contributed by atoms with E-state index in [4.69, 9.17) is 10.5 Å². The lowest BCUT2D eigenvalue weighted by atomic mass is 9.89. The molecular weight excluding hydrogens is 212 g/mol. The van der Waals surface area contributed by atoms with Crippen molar-refractivity contribution in [3.05, 3.63) is 0 Å². The molecule has 2 aliphatic heterocycles. The fourth-order valence-electron chi connectivity index (χ4n) is 3.49. The third-order valence-corrected chi connectivity index (χ3v) is 4.58. The SMILES string of the molecule is CC1CCCCCN1C(CN)C1CCOCC1. The molecular formula is C14H28N2O. The van der Waals surface area contributed by atoms with Crippen LogP contribution in [0.1, 0.15) is 45.4 Å². The Morgan fingerprint density at radius 2 is 1.94 bits per heavy atom. The van der Waals surface area contributed by atoms with Gasteiger partial charge in [-0.05, 0) is 45.1 Å². The molecule has 0 aromatic carbocycles. The summed E-state index contributed by atoms with van der Waals surface area (Å²) < 4.78 is 5.47. The Hall–Kier alpha value is -0.120. The first kappa shape index (κ1) is 13.3. The zero-order valence-electron chi connectivity index (χ0n) is 11.2. The van der Waals surface area contributed by atoms with Gasteiger partial charge in [0.05, 0.1) is 0 Å². The summed E-state index contributed by atoms with van der Waals surface area (Å²) in [6.07, 6.45) is 7.88. The van der Waals surface area contributed by atoms with Gasteiger partial charge in [-0.2, -0.15) is 0 Å². The molecule has 0 aromatic rings. The van der Waals surface area contributed by atoms with E-state index in [-0.39, 0.29) is 0 Å². The molecule has 2 fully saturated rings. The van der Waals surface area contributed by atoms with Crippen molar-refractivity contribution >= 4 is 0 Å². The van der Waals surface area contributed by atoms with E-state index in [0.29, 0.717) is 12.1 Å². The standard InChI is InChI=1S/C14H28N2O/c1-12-5-3-2-4-8-16(12)14(11-15)13-6-9-17-10-7-13/h12-14H,2-11,15H2,1H3. The van der Waals surface area contributed by atoms with Crippen LogP contribution in [0.5, 0.6) is 0 Å². The summed E-state index contributed by atoms with van der Waals surface area (Å²) in [6.45, 7) is 6.31. The van der Waals surface area contributed by atoms with Crippen molar-refractivity contribution in [1.82, 2.24) is 4.90 Å². The third-order valence-electron chi connectivity index (χ3n) is 4.58. The van der Waals surface area contributed by atoms with E-state index >= 15 is 0 Å². The van der Waals surface area contributed by atoms with Gasteiger partial charge in [-0.1, -0.05) is 12.8 Å². The Kier molecular flexibility index (Phi) is 5.26. The highest BCUT2D eigenvalue weighted by atomic mass is 16.5. The molecule has 0 radical (unpaired) electrons. The zero-order chi connectivity index (χ0) is 12.1. The lowest BCUT2D eigenvalue weighted by molar-refractivity contribution is 0.0176. The van der Waals surface area contributed by atoms with Gasteiger partial charge in [-0.25, -0.2) is 0 Å². The Morgan fingerprint density at radius 1 is 1.18 bits per heavy atom. The van der Waals surface area contributed by atoms with Crippen LogP contribution in [0.3, 0.4) is 0 Å². The van der Waals surface area contributed by atoms with Crippen molar-refractivity contribution in [1.29, 1.82) is 0 Å². The van der Waals surface area contributed by atoms with Crippen LogP contribution in [0.15, 0.2) is 0 Å². The predicted octanol–water partition coefficient (Wildman–Crippen LogP) is 2.00. The minimum Gasteiger partial charge on any atom is -0.381 e. The third kappa shape index (κ3) is 3.43. The summed E-state index contributed by atoms with van der Waals surface area (Å²) >= 11 is 0. The van der Waals surface area contributed by atoms with Crippen LogP contribution in [-0.4, -0.2) is 43.3 Å². The second kappa shape index (κ2) is 6.72. The highest BCUT2D eigenvalue weighted by Crippen LogP contribution is 2.27. The summed E-state index contributed by atoms with van der Waals surface area (Å²) in [5, 5.41) is 0. The molecule has 0 spiro atoms. The predicted molar refractivity (Wildman–Crippen MR) is 71.0 cm³/mol. The van der Waals surface area contributed by atoms with Crippen molar-refractivity contribution in [3.63, 3.8) is 0 Å². The normalized spacial score (nSPS) is 31.1. The number of hydrogen-bond acceptors (Lipinski definition) is 3. The molecule has 2 unspecified atom stereocenters. The van der Waals surface area contributed by atoms with Gasteiger partial charge in [0.25, 0.3) is 0 Å². The summed E-state index contributed by atoms with van der Waals surface area (Å²) in [6, 6.07) is 1.31. The van der Waals surface area contributed by atoms with Gasteiger partial charge in [-0.15, -0.1) is 0 Å². The smallest absolute Gasteiger partial charge is 0.0469 e. The van der Waals surface area contributed by atoms with E-state index in [1.165, 1.54) is 45.1 Å². The summed E-state index contributed by atoms with van der Waals surface area (Å²) in [7, 11) is 0. The van der Waals surface area contributed by atoms with Crippen molar-refractivity contribution in [2.75, 3.05) is 26.3 Å². The fraction of sp³-hybridized carbons (Fsp3) is 1.00. The second-order valence-corrected chi connectivity index (χ2v) is 5.69. The molecule has 2 saturated heterocycles. The first-order chi connectivity index (χ1) is 8.33. The van der Waals surface area contributed by atoms with Gasteiger partial charge in [0.2, 0.25) is 0 Å². The molecule has 3 heteroatoms. The molecule has 2 aliphatic rings. The molecule has 3 nitrogen and oxygen atoms in total. The minimum atomic E-state index is 0.590. The number of likely N-dealkylation sites (tertiary alicyclic amines) is 1. The Bertz CT molecular complexity index is 216. The maximum Gasteiger partial charge on any atom is 0.0469 e. The molecule has 0 aromatic heterocycles. The van der Waals surface area contributed by atoms with Crippen LogP contribution in [0.2, 0.25) is 0 Å². The van der Waals surface area contributed by atoms with E-state index in [2.05, 4.69) is 11.8 Å². The number of rotatable bonds is 3. The van der Waals surface area contributed by atoms with E-state index in [1.54, 1.807) is 0 Å². The average molecular weight is 240 g/mol. The van der Waals surface area contributed by atoms with Gasteiger partial charge in [0, 0.05) is 31.8 Å². The minimum absolute atomic E-state index is 0.590. The Morgan fingerprint density at radius 3 is 2.65 bits per heavy atom. The zero-order valence-corrected chi connectivity index (χ0v) is 11.2. The highest BCUT2D eigenvalue weighted by molar-refractivity contribution is 4.86. The van der Waals surface area contributed by atoms with Crippen molar-refractivity contribution in [2.24, 2.45) is 11.7 Å². The van der Waals surface area contributed by atoms with Crippen molar-refractivity contribution in [3.8, 4) is 0 Å². The van der Waals surface area contributed by atoms with Crippen LogP contribution in [-0.2, 0) is 4.74 Å². The molecule has 0 aliphatic carbocycles. The lowest BCUT2D eigenvalue weighted by Crippen LogP contribution is -2.50. The maximum absolute atomic E-state index is 6.07. The fourth-order valence-corrected chi connectivity index (χ4v) is 3.49. The van der Waals surface area contributed by atoms with Crippen molar-refractivity contribution < 1.29 is 4.74 Å². The van der Waals surface area contributed by atoms with Crippen molar-refractivity contribution in [2.45, 2.75) is 57.5 Å². The highest BCUT2D eigenvalue weighted by Gasteiger charge is 2.31. The molecule has 17 heavy (non-hydrogen) atoms. The molecule has 0 amide bonds. The summed E-state index contributed by atoms with van der Waals surface area (Å²) in [5.74, 6) is 0.759. The largest absolute Gasteiger partial charge is 0.381 e. The molecule has 2 atom stereocenters. The Balaban J connectivity index is 1.98. The lowest BCUT2D eigenvalue weighted by Gasteiger charge is -2.40. The van der Waals surface area contributed by atoms with E-state index in [1.807, 2.05) is 0 Å². The Labute approximate surface area is 106 Å². The molecule has 2 rings (SSSR count). The topological polar surface area (TPSA) is 38.5 Å². The van der Waals surface area contributed by atoms with E-state index in [0.717, 1.165) is 25.7 Å². The monoisotopic (exact) mass is 240 g/mol. The van der Waals surface area contributed by atoms with Crippen LogP contribution in [0, 0.1) is 5.92 Å². The first-order valence-electron chi connectivity index (χ1n) is 7.36. The molecule has 100 valence electrons. The molecule has 0 bridgehead atoms. The number of nitrogens with zero attached hydrogens (tertiary/aromatic N) is 1. The molecule has 2 N–H and O–H groups in total. The van der Waals surface area contributed by atoms with Gasteiger partial charge in [0.1, 0.15) is 0 Å². The maximum atomic E-state index is 6.07. The number of nitrogens with two attached hydrogens (primary N) is 1. The quantitative estimate of drug-likeness (QED) is 0.820. The summed E-state index contributed by atoms with van der Waals surface area (Å²) in [5.41, 5.74) is 6.07.